The second-order valence-corrected chi connectivity index (χ2v) is 5.33. The van der Waals surface area contributed by atoms with Crippen LogP contribution in [0.25, 0.3) is 5.76 Å². The Labute approximate surface area is 140 Å². The lowest BCUT2D eigenvalue weighted by Gasteiger charge is -2.18. The molecule has 1 aromatic heterocycles. The van der Waals surface area contributed by atoms with Crippen LogP contribution in [-0.4, -0.2) is 29.7 Å². The van der Waals surface area contributed by atoms with Gasteiger partial charge in [-0.3, -0.25) is 9.59 Å². The third-order valence-electron chi connectivity index (χ3n) is 3.84. The Hall–Kier alpha value is -3.02. The summed E-state index contributed by atoms with van der Waals surface area (Å²) in [4.78, 5) is 24.6. The quantitative estimate of drug-likeness (QED) is 0.826. The summed E-state index contributed by atoms with van der Waals surface area (Å²) in [6, 6.07) is 8.27. The number of ether oxygens (including phenoxy) is 1. The largest absolute Gasteiger partial charge is 0.508 e. The van der Waals surface area contributed by atoms with Crippen LogP contribution in [0.2, 0.25) is 0 Å². The summed E-state index contributed by atoms with van der Waals surface area (Å²) in [5.74, 6) is -0.0666. The van der Waals surface area contributed by atoms with Crippen LogP contribution in [0.1, 0.15) is 34.5 Å². The number of nitrogens with one attached hydrogen (secondary N) is 1. The monoisotopic (exact) mass is 328 g/mol. The number of aliphatic hydroxyl groups excluding tert-OH is 1. The standard InChI is InChI=1S/C18H20N2O4/c1-11(13-6-5-7-15(8-13)24-4)20-10-14(12(2)21)9-16(18(20)23)17(22)19-3/h5-11,21H,2H2,1,3-4H3,(H,19,22). The van der Waals surface area contributed by atoms with Gasteiger partial charge in [0.15, 0.2) is 0 Å². The van der Waals surface area contributed by atoms with Gasteiger partial charge in [-0.1, -0.05) is 18.7 Å². The average Bonchev–Trinajstić information content (AvgIpc) is 2.60. The molecule has 0 radical (unpaired) electrons. The van der Waals surface area contributed by atoms with Gasteiger partial charge in [-0.25, -0.2) is 0 Å². The lowest BCUT2D eigenvalue weighted by Crippen LogP contribution is -2.33. The normalized spacial score (nSPS) is 11.6. The molecule has 1 amide bonds. The lowest BCUT2D eigenvalue weighted by molar-refractivity contribution is 0.0961. The molecule has 0 saturated heterocycles. The molecule has 1 aromatic carbocycles. The molecule has 0 fully saturated rings. The Bertz CT molecular complexity index is 839. The number of hydrogen-bond acceptors (Lipinski definition) is 4. The molecule has 1 atom stereocenters. The fourth-order valence-corrected chi connectivity index (χ4v) is 2.41. The molecule has 0 aliphatic rings. The van der Waals surface area contributed by atoms with Crippen LogP contribution in [-0.2, 0) is 0 Å². The fourth-order valence-electron chi connectivity index (χ4n) is 2.41. The van der Waals surface area contributed by atoms with E-state index in [1.807, 2.05) is 25.1 Å². The van der Waals surface area contributed by atoms with E-state index in [2.05, 4.69) is 11.9 Å². The Morgan fingerprint density at radius 1 is 1.38 bits per heavy atom. The second kappa shape index (κ2) is 7.04. The highest BCUT2D eigenvalue weighted by molar-refractivity contribution is 5.94. The molecule has 0 saturated carbocycles. The Balaban J connectivity index is 2.63. The molecular formula is C18H20N2O4. The van der Waals surface area contributed by atoms with Gasteiger partial charge in [0.25, 0.3) is 11.5 Å². The van der Waals surface area contributed by atoms with Gasteiger partial charge in [0.1, 0.15) is 17.1 Å². The number of carbonyl (C=O) groups is 1. The molecule has 126 valence electrons. The number of hydrogen-bond donors (Lipinski definition) is 2. The minimum atomic E-state index is -0.519. The Kier molecular flexibility index (Phi) is 5.08. The summed E-state index contributed by atoms with van der Waals surface area (Å²) in [5.41, 5.74) is 0.637. The molecule has 0 aliphatic carbocycles. The van der Waals surface area contributed by atoms with Gasteiger partial charge in [-0.15, -0.1) is 0 Å². The third kappa shape index (κ3) is 3.32. The number of benzene rings is 1. The summed E-state index contributed by atoms with van der Waals surface area (Å²) >= 11 is 0. The highest BCUT2D eigenvalue weighted by Gasteiger charge is 2.18. The van der Waals surface area contributed by atoms with E-state index in [0.717, 1.165) is 5.56 Å². The first kappa shape index (κ1) is 17.3. The van der Waals surface area contributed by atoms with Crippen molar-refractivity contribution in [1.82, 2.24) is 9.88 Å². The molecule has 2 aromatic rings. The molecule has 6 heteroatoms. The maximum atomic E-state index is 12.7. The minimum Gasteiger partial charge on any atom is -0.508 e. The maximum Gasteiger partial charge on any atom is 0.263 e. The number of amides is 1. The topological polar surface area (TPSA) is 80.6 Å². The van der Waals surface area contributed by atoms with E-state index in [4.69, 9.17) is 4.74 Å². The molecule has 0 spiro atoms. The van der Waals surface area contributed by atoms with Crippen LogP contribution in [0.15, 0.2) is 47.9 Å². The van der Waals surface area contributed by atoms with Crippen LogP contribution in [0.4, 0.5) is 0 Å². The highest BCUT2D eigenvalue weighted by atomic mass is 16.5. The predicted molar refractivity (Wildman–Crippen MR) is 92.6 cm³/mol. The third-order valence-corrected chi connectivity index (χ3v) is 3.84. The van der Waals surface area contributed by atoms with Crippen molar-refractivity contribution in [3.8, 4) is 5.75 Å². The predicted octanol–water partition coefficient (Wildman–Crippen LogP) is 2.35. The van der Waals surface area contributed by atoms with Crippen molar-refractivity contribution in [1.29, 1.82) is 0 Å². The Morgan fingerprint density at radius 3 is 2.67 bits per heavy atom. The molecule has 0 bridgehead atoms. The van der Waals surface area contributed by atoms with Crippen LogP contribution in [0.3, 0.4) is 0 Å². The molecule has 1 unspecified atom stereocenters. The SMILES string of the molecule is C=C(O)c1cc(C(=O)NC)c(=O)n(C(C)c2cccc(OC)c2)c1. The number of methoxy groups -OCH3 is 1. The van der Waals surface area contributed by atoms with E-state index in [9.17, 15) is 14.7 Å². The second-order valence-electron chi connectivity index (χ2n) is 5.33. The van der Waals surface area contributed by atoms with Gasteiger partial charge in [0.2, 0.25) is 0 Å². The van der Waals surface area contributed by atoms with Crippen LogP contribution < -0.4 is 15.6 Å². The van der Waals surface area contributed by atoms with Crippen molar-refractivity contribution in [3.05, 3.63) is 70.2 Å². The summed E-state index contributed by atoms with van der Waals surface area (Å²) in [6.07, 6.45) is 1.49. The van der Waals surface area contributed by atoms with Crippen molar-refractivity contribution in [3.63, 3.8) is 0 Å². The number of aliphatic hydroxyl groups is 1. The first-order valence-corrected chi connectivity index (χ1v) is 7.39. The number of aromatic nitrogens is 1. The van der Waals surface area contributed by atoms with E-state index in [-0.39, 0.29) is 17.4 Å². The average molecular weight is 328 g/mol. The van der Waals surface area contributed by atoms with Crippen molar-refractivity contribution >= 4 is 11.7 Å². The van der Waals surface area contributed by atoms with Gasteiger partial charge in [0, 0.05) is 18.8 Å². The molecule has 2 rings (SSSR count). The fraction of sp³-hybridized carbons (Fsp3) is 0.222. The van der Waals surface area contributed by atoms with E-state index in [1.165, 1.54) is 23.9 Å². The number of nitrogens with zero attached hydrogens (tertiary/aromatic N) is 1. The van der Waals surface area contributed by atoms with E-state index in [0.29, 0.717) is 11.3 Å². The minimum absolute atomic E-state index is 0.0556. The molecule has 6 nitrogen and oxygen atoms in total. The number of rotatable bonds is 5. The zero-order valence-corrected chi connectivity index (χ0v) is 13.9. The summed E-state index contributed by atoms with van der Waals surface area (Å²) in [5, 5.41) is 12.1. The lowest BCUT2D eigenvalue weighted by atomic mass is 10.1. The van der Waals surface area contributed by atoms with Gasteiger partial charge < -0.3 is 19.7 Å². The first-order valence-electron chi connectivity index (χ1n) is 7.39. The zero-order valence-electron chi connectivity index (χ0n) is 13.9. The van der Waals surface area contributed by atoms with Gasteiger partial charge >= 0.3 is 0 Å². The molecule has 2 N–H and O–H groups in total. The van der Waals surface area contributed by atoms with Crippen LogP contribution >= 0.6 is 0 Å². The Morgan fingerprint density at radius 2 is 2.08 bits per heavy atom. The maximum absolute atomic E-state index is 12.7. The van der Waals surface area contributed by atoms with Crippen molar-refractivity contribution in [2.75, 3.05) is 14.2 Å². The summed E-state index contributed by atoms with van der Waals surface area (Å²) in [6.45, 7) is 5.30. The van der Waals surface area contributed by atoms with Crippen molar-refractivity contribution < 1.29 is 14.6 Å². The molecule has 24 heavy (non-hydrogen) atoms. The smallest absolute Gasteiger partial charge is 0.263 e. The van der Waals surface area contributed by atoms with Gasteiger partial charge in [0.05, 0.1) is 13.2 Å². The summed E-state index contributed by atoms with van der Waals surface area (Å²) < 4.78 is 6.61. The highest BCUT2D eigenvalue weighted by Crippen LogP contribution is 2.22. The van der Waals surface area contributed by atoms with Crippen molar-refractivity contribution in [2.45, 2.75) is 13.0 Å². The number of carbonyl (C=O) groups excluding carboxylic acids is 1. The van der Waals surface area contributed by atoms with Gasteiger partial charge in [-0.2, -0.15) is 0 Å². The van der Waals surface area contributed by atoms with E-state index < -0.39 is 11.5 Å². The molecule has 1 heterocycles. The zero-order chi connectivity index (χ0) is 17.9. The van der Waals surface area contributed by atoms with Crippen molar-refractivity contribution in [2.24, 2.45) is 0 Å². The summed E-state index contributed by atoms with van der Waals surface area (Å²) in [7, 11) is 3.01. The molecule has 0 aliphatic heterocycles. The number of pyridine rings is 1. The van der Waals surface area contributed by atoms with E-state index in [1.54, 1.807) is 13.2 Å². The molecular weight excluding hydrogens is 308 g/mol. The van der Waals surface area contributed by atoms with E-state index >= 15 is 0 Å². The van der Waals surface area contributed by atoms with Gasteiger partial charge in [-0.05, 0) is 30.7 Å². The van der Waals surface area contributed by atoms with Crippen LogP contribution in [0.5, 0.6) is 5.75 Å². The van der Waals surface area contributed by atoms with Crippen LogP contribution in [0, 0.1) is 0 Å². The first-order chi connectivity index (χ1) is 11.4.